The fourth-order valence-corrected chi connectivity index (χ4v) is 2.50. The van der Waals surface area contributed by atoms with Crippen LogP contribution in [0.4, 0.5) is 0 Å². The van der Waals surface area contributed by atoms with E-state index < -0.39 is 0 Å². The Labute approximate surface area is 137 Å². The molecule has 1 unspecified atom stereocenters. The first-order valence-electron chi connectivity index (χ1n) is 7.64. The Morgan fingerprint density at radius 1 is 1.00 bits per heavy atom. The molecule has 4 heteroatoms. The first-order chi connectivity index (χ1) is 11.1. The maximum Gasteiger partial charge on any atom is 0.255 e. The summed E-state index contributed by atoms with van der Waals surface area (Å²) in [6.07, 6.45) is 0. The van der Waals surface area contributed by atoms with Crippen molar-refractivity contribution in [2.45, 2.75) is 19.9 Å². The van der Waals surface area contributed by atoms with E-state index in [9.17, 15) is 4.79 Å². The van der Waals surface area contributed by atoms with Crippen molar-refractivity contribution in [1.29, 1.82) is 0 Å². The summed E-state index contributed by atoms with van der Waals surface area (Å²) in [6, 6.07) is 15.1. The molecule has 122 valence electrons. The van der Waals surface area contributed by atoms with Gasteiger partial charge in [0.25, 0.3) is 5.91 Å². The summed E-state index contributed by atoms with van der Waals surface area (Å²) >= 11 is 0. The minimum absolute atomic E-state index is 0.0597. The first kappa shape index (κ1) is 16.9. The van der Waals surface area contributed by atoms with Gasteiger partial charge in [0.05, 0.1) is 25.8 Å². The Morgan fingerprint density at radius 3 is 2.26 bits per heavy atom. The van der Waals surface area contributed by atoms with Gasteiger partial charge in [0.1, 0.15) is 11.5 Å². The molecule has 0 saturated carbocycles. The predicted molar refractivity (Wildman–Crippen MR) is 91.0 cm³/mol. The number of hydrogen-bond acceptors (Lipinski definition) is 3. The summed E-state index contributed by atoms with van der Waals surface area (Å²) in [6.45, 7) is 4.17. The Bertz CT molecular complexity index is 653. The maximum atomic E-state index is 12.7. The second-order valence-corrected chi connectivity index (χ2v) is 5.67. The Kier molecular flexibility index (Phi) is 5.63. The highest BCUT2D eigenvalue weighted by atomic mass is 16.5. The third-order valence-electron chi connectivity index (χ3n) is 3.77. The van der Waals surface area contributed by atoms with E-state index in [2.05, 4.69) is 19.2 Å². The van der Waals surface area contributed by atoms with Gasteiger partial charge in [-0.05, 0) is 23.6 Å². The SMILES string of the molecule is COc1ccc(C(=O)NC(c2ccccc2)C(C)C)c(OC)c1. The van der Waals surface area contributed by atoms with E-state index in [1.165, 1.54) is 0 Å². The van der Waals surface area contributed by atoms with Gasteiger partial charge in [0, 0.05) is 6.07 Å². The van der Waals surface area contributed by atoms with Crippen molar-refractivity contribution >= 4 is 5.91 Å². The van der Waals surface area contributed by atoms with Crippen molar-refractivity contribution in [3.8, 4) is 11.5 Å². The highest BCUT2D eigenvalue weighted by Crippen LogP contribution is 2.27. The van der Waals surface area contributed by atoms with Crippen LogP contribution in [0.15, 0.2) is 48.5 Å². The summed E-state index contributed by atoms with van der Waals surface area (Å²) < 4.78 is 10.5. The van der Waals surface area contributed by atoms with Gasteiger partial charge in [0.15, 0.2) is 0 Å². The number of nitrogens with one attached hydrogen (secondary N) is 1. The number of hydrogen-bond donors (Lipinski definition) is 1. The molecule has 2 aromatic rings. The average Bonchev–Trinajstić information content (AvgIpc) is 2.59. The van der Waals surface area contributed by atoms with Crippen LogP contribution in [0.3, 0.4) is 0 Å². The molecule has 0 bridgehead atoms. The fraction of sp³-hybridized carbons (Fsp3) is 0.316. The van der Waals surface area contributed by atoms with Crippen LogP contribution < -0.4 is 14.8 Å². The van der Waals surface area contributed by atoms with Crippen LogP contribution in [0.2, 0.25) is 0 Å². The van der Waals surface area contributed by atoms with Crippen LogP contribution in [-0.2, 0) is 0 Å². The second-order valence-electron chi connectivity index (χ2n) is 5.67. The van der Waals surface area contributed by atoms with Crippen LogP contribution >= 0.6 is 0 Å². The normalized spacial score (nSPS) is 11.9. The third kappa shape index (κ3) is 4.03. The van der Waals surface area contributed by atoms with E-state index >= 15 is 0 Å². The van der Waals surface area contributed by atoms with E-state index in [0.717, 1.165) is 5.56 Å². The number of rotatable bonds is 6. The van der Waals surface area contributed by atoms with E-state index in [0.29, 0.717) is 17.1 Å². The Hall–Kier alpha value is -2.49. The minimum Gasteiger partial charge on any atom is -0.497 e. The van der Waals surface area contributed by atoms with Crippen LogP contribution in [0, 0.1) is 5.92 Å². The molecule has 2 rings (SSSR count). The highest BCUT2D eigenvalue weighted by Gasteiger charge is 2.21. The Morgan fingerprint density at radius 2 is 1.70 bits per heavy atom. The lowest BCUT2D eigenvalue weighted by Crippen LogP contribution is -2.32. The standard InChI is InChI=1S/C19H23NO3/c1-13(2)18(14-8-6-5-7-9-14)20-19(21)16-11-10-15(22-3)12-17(16)23-4/h5-13,18H,1-4H3,(H,20,21). The van der Waals surface area contributed by atoms with Gasteiger partial charge < -0.3 is 14.8 Å². The lowest BCUT2D eigenvalue weighted by Gasteiger charge is -2.23. The molecule has 0 fully saturated rings. The molecule has 0 heterocycles. The molecule has 1 atom stereocenters. The zero-order valence-corrected chi connectivity index (χ0v) is 14.0. The summed E-state index contributed by atoms with van der Waals surface area (Å²) in [4.78, 5) is 12.7. The lowest BCUT2D eigenvalue weighted by molar-refractivity contribution is 0.0922. The van der Waals surface area contributed by atoms with Gasteiger partial charge in [-0.25, -0.2) is 0 Å². The minimum atomic E-state index is -0.160. The van der Waals surface area contributed by atoms with Gasteiger partial charge in [-0.1, -0.05) is 44.2 Å². The predicted octanol–water partition coefficient (Wildman–Crippen LogP) is 3.83. The number of benzene rings is 2. The molecule has 1 amide bonds. The molecule has 0 saturated heterocycles. The molecule has 23 heavy (non-hydrogen) atoms. The van der Waals surface area contributed by atoms with E-state index in [1.54, 1.807) is 32.4 Å². The summed E-state index contributed by atoms with van der Waals surface area (Å²) in [5.41, 5.74) is 1.58. The van der Waals surface area contributed by atoms with E-state index in [4.69, 9.17) is 9.47 Å². The zero-order valence-electron chi connectivity index (χ0n) is 14.0. The van der Waals surface area contributed by atoms with Crippen LogP contribution in [-0.4, -0.2) is 20.1 Å². The van der Waals surface area contributed by atoms with Crippen molar-refractivity contribution in [1.82, 2.24) is 5.32 Å². The number of amides is 1. The van der Waals surface area contributed by atoms with E-state index in [1.807, 2.05) is 30.3 Å². The van der Waals surface area contributed by atoms with Gasteiger partial charge >= 0.3 is 0 Å². The maximum absolute atomic E-state index is 12.7. The first-order valence-corrected chi connectivity index (χ1v) is 7.64. The number of methoxy groups -OCH3 is 2. The smallest absolute Gasteiger partial charge is 0.255 e. The van der Waals surface area contributed by atoms with Gasteiger partial charge in [0.2, 0.25) is 0 Å². The number of carbonyl (C=O) groups is 1. The zero-order chi connectivity index (χ0) is 16.8. The molecule has 1 N–H and O–H groups in total. The fourth-order valence-electron chi connectivity index (χ4n) is 2.50. The molecule has 4 nitrogen and oxygen atoms in total. The monoisotopic (exact) mass is 313 g/mol. The van der Waals surface area contributed by atoms with Crippen molar-refractivity contribution in [3.63, 3.8) is 0 Å². The van der Waals surface area contributed by atoms with Crippen molar-refractivity contribution in [3.05, 3.63) is 59.7 Å². The van der Waals surface area contributed by atoms with Gasteiger partial charge in [-0.15, -0.1) is 0 Å². The molecule has 0 aliphatic rings. The second kappa shape index (κ2) is 7.68. The highest BCUT2D eigenvalue weighted by molar-refractivity contribution is 5.97. The molecule has 0 radical (unpaired) electrons. The van der Waals surface area contributed by atoms with Crippen LogP contribution in [0.5, 0.6) is 11.5 Å². The molecule has 0 aliphatic heterocycles. The van der Waals surface area contributed by atoms with Crippen LogP contribution in [0.25, 0.3) is 0 Å². The summed E-state index contributed by atoms with van der Waals surface area (Å²) in [5, 5.41) is 3.10. The van der Waals surface area contributed by atoms with Crippen molar-refractivity contribution < 1.29 is 14.3 Å². The number of ether oxygens (including phenoxy) is 2. The quantitative estimate of drug-likeness (QED) is 0.881. The molecule has 0 spiro atoms. The van der Waals surface area contributed by atoms with Gasteiger partial charge in [-0.2, -0.15) is 0 Å². The summed E-state index contributed by atoms with van der Waals surface area (Å²) in [7, 11) is 3.13. The topological polar surface area (TPSA) is 47.6 Å². The molecular formula is C19H23NO3. The van der Waals surface area contributed by atoms with Crippen molar-refractivity contribution in [2.24, 2.45) is 5.92 Å². The summed E-state index contributed by atoms with van der Waals surface area (Å²) in [5.74, 6) is 1.26. The Balaban J connectivity index is 2.26. The van der Waals surface area contributed by atoms with Crippen LogP contribution in [0.1, 0.15) is 35.8 Å². The largest absolute Gasteiger partial charge is 0.497 e. The average molecular weight is 313 g/mol. The van der Waals surface area contributed by atoms with Crippen molar-refractivity contribution in [2.75, 3.05) is 14.2 Å². The van der Waals surface area contributed by atoms with E-state index in [-0.39, 0.29) is 17.9 Å². The third-order valence-corrected chi connectivity index (χ3v) is 3.77. The molecule has 0 aliphatic carbocycles. The lowest BCUT2D eigenvalue weighted by atomic mass is 9.95. The van der Waals surface area contributed by atoms with Gasteiger partial charge in [-0.3, -0.25) is 4.79 Å². The number of carbonyl (C=O) groups excluding carboxylic acids is 1. The molecule has 0 aromatic heterocycles. The molecule has 2 aromatic carbocycles. The molecular weight excluding hydrogens is 290 g/mol.